The quantitative estimate of drug-likeness (QED) is 0.597. The van der Waals surface area contributed by atoms with E-state index in [0.717, 1.165) is 0 Å². The van der Waals surface area contributed by atoms with Crippen molar-refractivity contribution in [3.63, 3.8) is 0 Å². The average molecular weight is 375 g/mol. The SMILES string of the molecule is CCC(=O)Nc1ccc(S(=O)(=O)Nc2c(-n3cnnc3)n[nH]c2C)cc1. The Bertz CT molecular complexity index is 1010. The lowest BCUT2D eigenvalue weighted by Crippen LogP contribution is -2.15. The van der Waals surface area contributed by atoms with Crippen LogP contribution in [-0.4, -0.2) is 39.3 Å². The molecule has 0 aliphatic carbocycles. The Morgan fingerprint density at radius 1 is 1.19 bits per heavy atom. The van der Waals surface area contributed by atoms with Gasteiger partial charge in [-0.25, -0.2) is 8.42 Å². The van der Waals surface area contributed by atoms with Crippen LogP contribution in [0.3, 0.4) is 0 Å². The Labute approximate surface area is 149 Å². The lowest BCUT2D eigenvalue weighted by molar-refractivity contribution is -0.115. The van der Waals surface area contributed by atoms with Crippen molar-refractivity contribution in [2.45, 2.75) is 25.2 Å². The molecule has 3 N–H and O–H groups in total. The molecular weight excluding hydrogens is 358 g/mol. The number of aryl methyl sites for hydroxylation is 1. The number of carbonyl (C=O) groups excluding carboxylic acids is 1. The van der Waals surface area contributed by atoms with E-state index >= 15 is 0 Å². The molecule has 0 saturated carbocycles. The number of hydrogen-bond acceptors (Lipinski definition) is 6. The Morgan fingerprint density at radius 3 is 2.46 bits per heavy atom. The third-order valence-corrected chi connectivity index (χ3v) is 4.96. The minimum atomic E-state index is -3.85. The maximum absolute atomic E-state index is 12.7. The summed E-state index contributed by atoms with van der Waals surface area (Å²) in [6.45, 7) is 3.43. The zero-order chi connectivity index (χ0) is 18.7. The molecule has 0 atom stereocenters. The van der Waals surface area contributed by atoms with Gasteiger partial charge < -0.3 is 5.32 Å². The molecule has 0 spiro atoms. The van der Waals surface area contributed by atoms with Crippen LogP contribution in [0, 0.1) is 6.92 Å². The van der Waals surface area contributed by atoms with Crippen LogP contribution in [0.15, 0.2) is 41.8 Å². The van der Waals surface area contributed by atoms with Gasteiger partial charge in [-0.2, -0.15) is 5.10 Å². The largest absolute Gasteiger partial charge is 0.326 e. The molecule has 136 valence electrons. The lowest BCUT2D eigenvalue weighted by atomic mass is 10.3. The summed E-state index contributed by atoms with van der Waals surface area (Å²) in [6, 6.07) is 5.90. The molecule has 26 heavy (non-hydrogen) atoms. The normalized spacial score (nSPS) is 11.3. The molecular formula is C15H17N7O3S. The summed E-state index contributed by atoms with van der Waals surface area (Å²) < 4.78 is 29.4. The Morgan fingerprint density at radius 2 is 1.85 bits per heavy atom. The molecule has 0 fully saturated rings. The van der Waals surface area contributed by atoms with Gasteiger partial charge in [0.15, 0.2) is 5.82 Å². The van der Waals surface area contributed by atoms with Crippen LogP contribution in [0.1, 0.15) is 19.0 Å². The highest BCUT2D eigenvalue weighted by Gasteiger charge is 2.20. The number of hydrogen-bond donors (Lipinski definition) is 3. The fraction of sp³-hybridized carbons (Fsp3) is 0.200. The van der Waals surface area contributed by atoms with Crippen molar-refractivity contribution < 1.29 is 13.2 Å². The topological polar surface area (TPSA) is 135 Å². The number of sulfonamides is 1. The first kappa shape index (κ1) is 17.6. The van der Waals surface area contributed by atoms with E-state index < -0.39 is 10.0 Å². The van der Waals surface area contributed by atoms with Crippen LogP contribution in [0.2, 0.25) is 0 Å². The molecule has 0 saturated heterocycles. The van der Waals surface area contributed by atoms with Gasteiger partial charge in [-0.05, 0) is 31.2 Å². The number of carbonyl (C=O) groups is 1. The van der Waals surface area contributed by atoms with E-state index in [1.807, 2.05) is 0 Å². The van der Waals surface area contributed by atoms with Crippen LogP contribution >= 0.6 is 0 Å². The highest BCUT2D eigenvalue weighted by atomic mass is 32.2. The minimum Gasteiger partial charge on any atom is -0.326 e. The second-order valence-electron chi connectivity index (χ2n) is 5.45. The van der Waals surface area contributed by atoms with E-state index in [-0.39, 0.29) is 10.8 Å². The molecule has 1 amide bonds. The van der Waals surface area contributed by atoms with Crippen molar-refractivity contribution in [1.29, 1.82) is 0 Å². The summed E-state index contributed by atoms with van der Waals surface area (Å²) >= 11 is 0. The molecule has 10 nitrogen and oxygen atoms in total. The van der Waals surface area contributed by atoms with Gasteiger partial charge in [0.1, 0.15) is 18.3 Å². The lowest BCUT2D eigenvalue weighted by Gasteiger charge is -2.10. The van der Waals surface area contributed by atoms with Gasteiger partial charge in [0, 0.05) is 12.1 Å². The van der Waals surface area contributed by atoms with Crippen LogP contribution in [-0.2, 0) is 14.8 Å². The van der Waals surface area contributed by atoms with Crippen molar-refractivity contribution in [1.82, 2.24) is 25.0 Å². The molecule has 3 rings (SSSR count). The predicted octanol–water partition coefficient (Wildman–Crippen LogP) is 1.45. The average Bonchev–Trinajstić information content (AvgIpc) is 3.26. The molecule has 0 bridgehead atoms. The number of benzene rings is 1. The second-order valence-corrected chi connectivity index (χ2v) is 7.13. The van der Waals surface area contributed by atoms with Crippen molar-refractivity contribution >= 4 is 27.3 Å². The van der Waals surface area contributed by atoms with Gasteiger partial charge in [0.25, 0.3) is 10.0 Å². The number of anilines is 2. The molecule has 2 heterocycles. The van der Waals surface area contributed by atoms with Gasteiger partial charge in [-0.15, -0.1) is 10.2 Å². The van der Waals surface area contributed by atoms with Crippen LogP contribution in [0.25, 0.3) is 5.82 Å². The monoisotopic (exact) mass is 375 g/mol. The van der Waals surface area contributed by atoms with Gasteiger partial charge in [0.2, 0.25) is 5.91 Å². The number of aromatic nitrogens is 5. The molecule has 3 aromatic rings. The van der Waals surface area contributed by atoms with Crippen molar-refractivity contribution in [3.05, 3.63) is 42.6 Å². The number of H-pyrrole nitrogens is 1. The van der Waals surface area contributed by atoms with Crippen LogP contribution in [0.4, 0.5) is 11.4 Å². The van der Waals surface area contributed by atoms with E-state index in [2.05, 4.69) is 30.4 Å². The predicted molar refractivity (Wildman–Crippen MR) is 94.4 cm³/mol. The highest BCUT2D eigenvalue weighted by molar-refractivity contribution is 7.92. The number of nitrogens with zero attached hydrogens (tertiary/aromatic N) is 4. The van der Waals surface area contributed by atoms with E-state index in [1.165, 1.54) is 41.5 Å². The summed E-state index contributed by atoms with van der Waals surface area (Å²) in [5.74, 6) is 0.189. The summed E-state index contributed by atoms with van der Waals surface area (Å²) in [4.78, 5) is 11.5. The van der Waals surface area contributed by atoms with Crippen molar-refractivity contribution in [2.24, 2.45) is 0 Å². The van der Waals surface area contributed by atoms with E-state index in [1.54, 1.807) is 13.8 Å². The van der Waals surface area contributed by atoms with Gasteiger partial charge >= 0.3 is 0 Å². The number of aromatic amines is 1. The zero-order valence-corrected chi connectivity index (χ0v) is 14.9. The first-order valence-corrected chi connectivity index (χ1v) is 9.21. The highest BCUT2D eigenvalue weighted by Crippen LogP contribution is 2.25. The maximum Gasteiger partial charge on any atom is 0.262 e. The molecule has 0 radical (unpaired) electrons. The fourth-order valence-electron chi connectivity index (χ4n) is 2.20. The smallest absolute Gasteiger partial charge is 0.262 e. The Hall–Kier alpha value is -3.21. The molecule has 2 aromatic heterocycles. The third-order valence-electron chi connectivity index (χ3n) is 3.60. The first-order chi connectivity index (χ1) is 12.4. The molecule has 0 unspecified atom stereocenters. The fourth-order valence-corrected chi connectivity index (χ4v) is 3.32. The number of nitrogens with one attached hydrogen (secondary N) is 3. The molecule has 11 heteroatoms. The summed E-state index contributed by atoms with van der Waals surface area (Å²) in [6.07, 6.45) is 3.17. The standard InChI is InChI=1S/C15H17N7O3S/c1-3-13(23)18-11-4-6-12(7-5-11)26(24,25)21-14-10(2)19-20-15(14)22-8-16-17-9-22/h4-9,21H,3H2,1-2H3,(H,18,23)(H,19,20). The summed E-state index contributed by atoms with van der Waals surface area (Å²) in [7, 11) is -3.85. The van der Waals surface area contributed by atoms with Gasteiger partial charge in [0.05, 0.1) is 10.6 Å². The summed E-state index contributed by atoms with van der Waals surface area (Å²) in [5.41, 5.74) is 1.37. The van der Waals surface area contributed by atoms with Crippen molar-refractivity contribution in [2.75, 3.05) is 10.0 Å². The number of amides is 1. The molecule has 0 aliphatic rings. The van der Waals surface area contributed by atoms with Gasteiger partial charge in [-0.3, -0.25) is 19.2 Å². The van der Waals surface area contributed by atoms with E-state index in [9.17, 15) is 13.2 Å². The molecule has 1 aromatic carbocycles. The summed E-state index contributed by atoms with van der Waals surface area (Å²) in [5, 5.41) is 16.9. The van der Waals surface area contributed by atoms with Gasteiger partial charge in [-0.1, -0.05) is 6.92 Å². The Kier molecular flexibility index (Phi) is 4.71. The second kappa shape index (κ2) is 6.96. The zero-order valence-electron chi connectivity index (χ0n) is 14.1. The van der Waals surface area contributed by atoms with Crippen LogP contribution in [0.5, 0.6) is 0 Å². The minimum absolute atomic E-state index is 0.0577. The van der Waals surface area contributed by atoms with E-state index in [4.69, 9.17) is 0 Å². The van der Waals surface area contributed by atoms with Crippen molar-refractivity contribution in [3.8, 4) is 5.82 Å². The molecule has 0 aliphatic heterocycles. The Balaban J connectivity index is 1.86. The number of rotatable bonds is 6. The van der Waals surface area contributed by atoms with E-state index in [0.29, 0.717) is 29.3 Å². The van der Waals surface area contributed by atoms with Crippen LogP contribution < -0.4 is 10.0 Å². The third kappa shape index (κ3) is 3.57. The maximum atomic E-state index is 12.7. The first-order valence-electron chi connectivity index (χ1n) is 7.73.